The van der Waals surface area contributed by atoms with Crippen LogP contribution in [0.4, 0.5) is 5.13 Å². The summed E-state index contributed by atoms with van der Waals surface area (Å²) in [6.07, 6.45) is 5.48. The molecule has 3 atom stereocenters. The Balaban J connectivity index is 1.59. The van der Waals surface area contributed by atoms with Gasteiger partial charge in [-0.2, -0.15) is 0 Å². The number of thiazole rings is 1. The summed E-state index contributed by atoms with van der Waals surface area (Å²) < 4.78 is 0.992. The highest BCUT2D eigenvalue weighted by Crippen LogP contribution is 2.37. The first-order valence-corrected chi connectivity index (χ1v) is 10.9. The monoisotopic (exact) mass is 411 g/mol. The molecule has 1 aromatic heterocycles. The number of aryl methyl sites for hydroxylation is 1. The van der Waals surface area contributed by atoms with Crippen molar-refractivity contribution in [2.75, 3.05) is 5.32 Å². The Morgan fingerprint density at radius 3 is 2.48 bits per heavy atom. The second kappa shape index (κ2) is 7.71. The van der Waals surface area contributed by atoms with Crippen LogP contribution in [0, 0.1) is 24.7 Å². The molecule has 1 fully saturated rings. The van der Waals surface area contributed by atoms with Gasteiger partial charge in [0, 0.05) is 0 Å². The first-order chi connectivity index (χ1) is 13.8. The number of hydrogen-bond acceptors (Lipinski definition) is 5. The van der Waals surface area contributed by atoms with Crippen LogP contribution in [0.5, 0.6) is 0 Å². The Kier molecular flexibility index (Phi) is 5.25. The third kappa shape index (κ3) is 3.71. The zero-order valence-corrected chi connectivity index (χ0v) is 17.7. The van der Waals surface area contributed by atoms with Crippen LogP contribution >= 0.6 is 11.3 Å². The number of carbonyl (C=O) groups is 3. The number of allylic oxidation sites excluding steroid dienone is 2. The van der Waals surface area contributed by atoms with E-state index in [1.165, 1.54) is 16.2 Å². The van der Waals surface area contributed by atoms with Gasteiger partial charge in [0.1, 0.15) is 6.04 Å². The average molecular weight is 412 g/mol. The molecule has 7 heteroatoms. The van der Waals surface area contributed by atoms with E-state index in [1.54, 1.807) is 0 Å². The van der Waals surface area contributed by atoms with Gasteiger partial charge < -0.3 is 5.32 Å². The Bertz CT molecular complexity index is 984. The maximum Gasteiger partial charge on any atom is 0.249 e. The molecule has 0 saturated carbocycles. The lowest BCUT2D eigenvalue weighted by molar-refractivity contribution is -0.147. The number of nitrogens with zero attached hydrogens (tertiary/aromatic N) is 2. The van der Waals surface area contributed by atoms with E-state index < -0.39 is 6.04 Å². The van der Waals surface area contributed by atoms with Crippen LogP contribution in [0.25, 0.3) is 10.2 Å². The van der Waals surface area contributed by atoms with E-state index >= 15 is 0 Å². The number of carbonyl (C=O) groups excluding carboxylic acids is 3. The highest BCUT2D eigenvalue weighted by molar-refractivity contribution is 7.22. The molecule has 3 unspecified atom stereocenters. The van der Waals surface area contributed by atoms with Gasteiger partial charge in [-0.15, -0.1) is 0 Å². The lowest BCUT2D eigenvalue weighted by atomic mass is 9.85. The smallest absolute Gasteiger partial charge is 0.249 e. The number of likely N-dealkylation sites (tertiary alicyclic amines) is 1. The molecule has 0 radical (unpaired) electrons. The summed E-state index contributed by atoms with van der Waals surface area (Å²) in [5.41, 5.74) is 1.95. The molecule has 2 aromatic rings. The summed E-state index contributed by atoms with van der Waals surface area (Å²) in [6.45, 7) is 5.98. The summed E-state index contributed by atoms with van der Waals surface area (Å²) in [6, 6.07) is 5.12. The molecule has 1 aromatic carbocycles. The van der Waals surface area contributed by atoms with E-state index in [0.29, 0.717) is 24.4 Å². The Morgan fingerprint density at radius 1 is 1.21 bits per heavy atom. The molecular formula is C22H25N3O3S. The van der Waals surface area contributed by atoms with Crippen molar-refractivity contribution < 1.29 is 14.4 Å². The van der Waals surface area contributed by atoms with Crippen LogP contribution in [0.1, 0.15) is 38.7 Å². The van der Waals surface area contributed by atoms with Crippen molar-refractivity contribution in [1.82, 2.24) is 9.88 Å². The van der Waals surface area contributed by atoms with E-state index in [4.69, 9.17) is 0 Å². The Hall–Kier alpha value is -2.54. The quantitative estimate of drug-likeness (QED) is 0.598. The first kappa shape index (κ1) is 19.8. The summed E-state index contributed by atoms with van der Waals surface area (Å²) in [7, 11) is 0. The molecule has 1 aliphatic heterocycles. The van der Waals surface area contributed by atoms with Crippen molar-refractivity contribution >= 4 is 44.4 Å². The van der Waals surface area contributed by atoms with Crippen molar-refractivity contribution in [3.8, 4) is 0 Å². The highest BCUT2D eigenvalue weighted by atomic mass is 32.1. The summed E-state index contributed by atoms with van der Waals surface area (Å²) in [5, 5.41) is 3.35. The molecule has 1 N–H and O–H groups in total. The third-order valence-electron chi connectivity index (χ3n) is 5.62. The fourth-order valence-electron chi connectivity index (χ4n) is 4.18. The minimum atomic E-state index is -0.811. The van der Waals surface area contributed by atoms with Crippen molar-refractivity contribution in [3.05, 3.63) is 35.9 Å². The molecule has 152 valence electrons. The molecule has 4 rings (SSSR count). The van der Waals surface area contributed by atoms with E-state index in [9.17, 15) is 14.4 Å². The molecule has 29 heavy (non-hydrogen) atoms. The number of aromatic nitrogens is 1. The number of nitrogens with one attached hydrogen (secondary N) is 1. The van der Waals surface area contributed by atoms with Gasteiger partial charge in [-0.1, -0.05) is 43.4 Å². The van der Waals surface area contributed by atoms with E-state index in [0.717, 1.165) is 15.8 Å². The maximum atomic E-state index is 13.2. The number of rotatable bonds is 5. The SMILES string of the molecule is Cc1ccc2nc(NC(=O)C(CC(C)C)N3C(=O)C4CC=CCC4C3=O)sc2c1. The largest absolute Gasteiger partial charge is 0.300 e. The van der Waals surface area contributed by atoms with Crippen molar-refractivity contribution in [2.45, 2.75) is 46.1 Å². The standard InChI is InChI=1S/C22H25N3O3S/c1-12(2)10-17(25-20(27)14-6-4-5-7-15(14)21(25)28)19(26)24-22-23-16-9-8-13(3)11-18(16)29-22/h4-5,8-9,11-12,14-15,17H,6-7,10H2,1-3H3,(H,23,24,26). The van der Waals surface area contributed by atoms with Crippen LogP contribution < -0.4 is 5.32 Å². The number of fused-ring (bicyclic) bond motifs is 2. The van der Waals surface area contributed by atoms with Gasteiger partial charge >= 0.3 is 0 Å². The van der Waals surface area contributed by atoms with Crippen LogP contribution in [-0.2, 0) is 14.4 Å². The average Bonchev–Trinajstić information content (AvgIpc) is 3.18. The second-order valence-electron chi connectivity index (χ2n) is 8.33. The topological polar surface area (TPSA) is 79.4 Å². The molecule has 6 nitrogen and oxygen atoms in total. The van der Waals surface area contributed by atoms with E-state index in [1.807, 2.05) is 51.1 Å². The van der Waals surface area contributed by atoms with Gasteiger partial charge in [0.25, 0.3) is 0 Å². The van der Waals surface area contributed by atoms with Crippen molar-refractivity contribution in [2.24, 2.45) is 17.8 Å². The van der Waals surface area contributed by atoms with Crippen LogP contribution in [0.2, 0.25) is 0 Å². The van der Waals surface area contributed by atoms with Gasteiger partial charge in [-0.3, -0.25) is 19.3 Å². The van der Waals surface area contributed by atoms with Crippen LogP contribution in [0.15, 0.2) is 30.4 Å². The molecule has 3 amide bonds. The van der Waals surface area contributed by atoms with Crippen molar-refractivity contribution in [3.63, 3.8) is 0 Å². The van der Waals surface area contributed by atoms with Gasteiger partial charge in [0.15, 0.2) is 5.13 Å². The Labute approximate surface area is 174 Å². The van der Waals surface area contributed by atoms with Crippen molar-refractivity contribution in [1.29, 1.82) is 0 Å². The maximum absolute atomic E-state index is 13.2. The Morgan fingerprint density at radius 2 is 1.86 bits per heavy atom. The zero-order valence-electron chi connectivity index (χ0n) is 16.8. The number of amides is 3. The number of hydrogen-bond donors (Lipinski definition) is 1. The van der Waals surface area contributed by atoms with Gasteiger partial charge in [0.05, 0.1) is 22.1 Å². The predicted molar refractivity (Wildman–Crippen MR) is 113 cm³/mol. The van der Waals surface area contributed by atoms with Crippen LogP contribution in [-0.4, -0.2) is 33.6 Å². The fourth-order valence-corrected chi connectivity index (χ4v) is 5.15. The van der Waals surface area contributed by atoms with E-state index in [2.05, 4.69) is 10.3 Å². The molecule has 2 heterocycles. The second-order valence-corrected chi connectivity index (χ2v) is 9.36. The fraction of sp³-hybridized carbons (Fsp3) is 0.455. The molecule has 0 bridgehead atoms. The van der Waals surface area contributed by atoms with Gasteiger partial charge in [0.2, 0.25) is 17.7 Å². The molecule has 2 aliphatic rings. The summed E-state index contributed by atoms with van der Waals surface area (Å²) in [4.78, 5) is 44.9. The summed E-state index contributed by atoms with van der Waals surface area (Å²) in [5.74, 6) is -1.29. The predicted octanol–water partition coefficient (Wildman–Crippen LogP) is 3.91. The number of imide groups is 1. The number of anilines is 1. The third-order valence-corrected chi connectivity index (χ3v) is 6.56. The summed E-state index contributed by atoms with van der Waals surface area (Å²) >= 11 is 1.40. The zero-order chi connectivity index (χ0) is 20.7. The molecule has 1 saturated heterocycles. The first-order valence-electron chi connectivity index (χ1n) is 10.0. The molecule has 0 spiro atoms. The van der Waals surface area contributed by atoms with Gasteiger partial charge in [-0.05, 0) is 49.8 Å². The van der Waals surface area contributed by atoms with E-state index in [-0.39, 0.29) is 35.5 Å². The normalized spacial score (nSPS) is 22.4. The lowest BCUT2D eigenvalue weighted by Gasteiger charge is -2.26. The molecular weight excluding hydrogens is 386 g/mol. The minimum absolute atomic E-state index is 0.158. The number of benzene rings is 1. The van der Waals surface area contributed by atoms with Crippen LogP contribution in [0.3, 0.4) is 0 Å². The highest BCUT2D eigenvalue weighted by Gasteiger charge is 2.51. The molecule has 1 aliphatic carbocycles. The minimum Gasteiger partial charge on any atom is -0.300 e. The van der Waals surface area contributed by atoms with Gasteiger partial charge in [-0.25, -0.2) is 4.98 Å². The lowest BCUT2D eigenvalue weighted by Crippen LogP contribution is -2.48.